The van der Waals surface area contributed by atoms with Gasteiger partial charge in [0.1, 0.15) is 17.0 Å². The van der Waals surface area contributed by atoms with E-state index in [1.165, 1.54) is 0 Å². The zero-order valence-electron chi connectivity index (χ0n) is 10.8. The van der Waals surface area contributed by atoms with E-state index in [4.69, 9.17) is 16.3 Å². The number of nitrogens with zero attached hydrogens (tertiary/aromatic N) is 1. The molecule has 2 aliphatic rings. The Morgan fingerprint density at radius 2 is 2.21 bits per heavy atom. The second-order valence-corrected chi connectivity index (χ2v) is 6.27. The summed E-state index contributed by atoms with van der Waals surface area (Å²) < 4.78 is 5.85. The summed E-state index contributed by atoms with van der Waals surface area (Å²) in [6, 6.07) is 3.63. The van der Waals surface area contributed by atoms with E-state index in [1.54, 1.807) is 6.07 Å². The first-order valence-corrected chi connectivity index (χ1v) is 6.67. The lowest BCUT2D eigenvalue weighted by Gasteiger charge is -2.16. The normalized spacial score (nSPS) is 26.5. The van der Waals surface area contributed by atoms with Crippen molar-refractivity contribution in [2.24, 2.45) is 11.1 Å². The second-order valence-electron chi connectivity index (χ2n) is 5.90. The van der Waals surface area contributed by atoms with E-state index in [0.717, 1.165) is 23.3 Å². The van der Waals surface area contributed by atoms with E-state index < -0.39 is 0 Å². The predicted molar refractivity (Wildman–Crippen MR) is 72.0 cm³/mol. The molecule has 1 fully saturated rings. The standard InChI is InChI=1S/C14H14ClNO3/c1-14(2)6-7-3-11(16-18)9(5-12(7)19-14)8-4-10(8)13(15)17/h3,5,8,10H,4,6H2,1-2H3/t8?,10-/m1/s1. The maximum atomic E-state index is 11.2. The van der Waals surface area contributed by atoms with Crippen molar-refractivity contribution in [3.05, 3.63) is 28.2 Å². The number of hydrogen-bond acceptors (Lipinski definition) is 4. The van der Waals surface area contributed by atoms with Crippen LogP contribution in [0.2, 0.25) is 0 Å². The van der Waals surface area contributed by atoms with Crippen molar-refractivity contribution in [1.29, 1.82) is 0 Å². The SMILES string of the molecule is CC1(C)Cc2cc(N=O)c(C3C[C@H]3C(=O)Cl)cc2O1. The van der Waals surface area contributed by atoms with Gasteiger partial charge in [-0.15, -0.1) is 4.91 Å². The van der Waals surface area contributed by atoms with Crippen LogP contribution in [0.5, 0.6) is 5.75 Å². The molecule has 0 saturated heterocycles. The number of rotatable bonds is 3. The van der Waals surface area contributed by atoms with Crippen LogP contribution in [0.25, 0.3) is 0 Å². The highest BCUT2D eigenvalue weighted by molar-refractivity contribution is 6.64. The Labute approximate surface area is 116 Å². The van der Waals surface area contributed by atoms with Gasteiger partial charge in [-0.05, 0) is 60.7 Å². The highest BCUT2D eigenvalue weighted by Gasteiger charge is 2.45. The number of carbonyl (C=O) groups excluding carboxylic acids is 1. The summed E-state index contributed by atoms with van der Waals surface area (Å²) in [5.41, 5.74) is 1.93. The molecular weight excluding hydrogens is 266 g/mol. The Kier molecular flexibility index (Phi) is 2.68. The topological polar surface area (TPSA) is 55.7 Å². The molecular formula is C14H14ClNO3. The van der Waals surface area contributed by atoms with Gasteiger partial charge in [-0.2, -0.15) is 0 Å². The Hall–Kier alpha value is -1.42. The molecule has 100 valence electrons. The quantitative estimate of drug-likeness (QED) is 0.626. The van der Waals surface area contributed by atoms with Crippen molar-refractivity contribution in [2.45, 2.75) is 38.2 Å². The van der Waals surface area contributed by atoms with E-state index in [2.05, 4.69) is 5.18 Å². The van der Waals surface area contributed by atoms with Crippen molar-refractivity contribution < 1.29 is 9.53 Å². The average Bonchev–Trinajstić information content (AvgIpc) is 3.04. The summed E-state index contributed by atoms with van der Waals surface area (Å²) in [4.78, 5) is 22.1. The van der Waals surface area contributed by atoms with Crippen molar-refractivity contribution in [2.75, 3.05) is 0 Å². The van der Waals surface area contributed by atoms with E-state index in [-0.39, 0.29) is 22.7 Å². The molecule has 1 saturated carbocycles. The molecule has 5 heteroatoms. The van der Waals surface area contributed by atoms with Gasteiger partial charge in [0, 0.05) is 17.9 Å². The van der Waals surface area contributed by atoms with E-state index in [1.807, 2.05) is 19.9 Å². The fourth-order valence-electron chi connectivity index (χ4n) is 2.82. The summed E-state index contributed by atoms with van der Waals surface area (Å²) in [5, 5.41) is 2.75. The maximum absolute atomic E-state index is 11.2. The second kappa shape index (κ2) is 4.04. The highest BCUT2D eigenvalue weighted by Crippen LogP contribution is 2.53. The lowest BCUT2D eigenvalue weighted by Crippen LogP contribution is -2.24. The van der Waals surface area contributed by atoms with E-state index in [9.17, 15) is 9.70 Å². The molecule has 2 atom stereocenters. The van der Waals surface area contributed by atoms with E-state index >= 15 is 0 Å². The maximum Gasteiger partial charge on any atom is 0.225 e. The summed E-state index contributed by atoms with van der Waals surface area (Å²) >= 11 is 5.50. The van der Waals surface area contributed by atoms with Gasteiger partial charge in [0.15, 0.2) is 0 Å². The lowest BCUT2D eigenvalue weighted by molar-refractivity contribution is -0.112. The molecule has 1 heterocycles. The Bertz CT molecular complexity index is 582. The smallest absolute Gasteiger partial charge is 0.225 e. The van der Waals surface area contributed by atoms with Crippen LogP contribution < -0.4 is 4.74 Å². The number of nitroso groups, excluding NO2 is 1. The van der Waals surface area contributed by atoms with Crippen LogP contribution in [0.1, 0.15) is 37.3 Å². The molecule has 0 aromatic heterocycles. The molecule has 3 rings (SSSR count). The van der Waals surface area contributed by atoms with Gasteiger partial charge in [0.2, 0.25) is 5.24 Å². The molecule has 19 heavy (non-hydrogen) atoms. The summed E-state index contributed by atoms with van der Waals surface area (Å²) in [5.74, 6) is 0.616. The van der Waals surface area contributed by atoms with Gasteiger partial charge in [0.25, 0.3) is 0 Å². The Morgan fingerprint density at radius 1 is 1.47 bits per heavy atom. The molecule has 0 radical (unpaired) electrons. The van der Waals surface area contributed by atoms with Gasteiger partial charge >= 0.3 is 0 Å². The summed E-state index contributed by atoms with van der Waals surface area (Å²) in [7, 11) is 0. The van der Waals surface area contributed by atoms with Gasteiger partial charge in [-0.25, -0.2) is 0 Å². The van der Waals surface area contributed by atoms with Crippen LogP contribution in [-0.4, -0.2) is 10.8 Å². The number of ether oxygens (including phenoxy) is 1. The third-order valence-electron chi connectivity index (χ3n) is 3.79. The molecule has 1 aromatic carbocycles. The van der Waals surface area contributed by atoms with Gasteiger partial charge in [-0.3, -0.25) is 4.79 Å². The first-order valence-electron chi connectivity index (χ1n) is 6.30. The molecule has 4 nitrogen and oxygen atoms in total. The van der Waals surface area contributed by atoms with Crippen molar-refractivity contribution in [1.82, 2.24) is 0 Å². The minimum atomic E-state index is -0.344. The molecule has 1 unspecified atom stereocenters. The van der Waals surface area contributed by atoms with Crippen molar-refractivity contribution in [3.63, 3.8) is 0 Å². The van der Waals surface area contributed by atoms with Crippen LogP contribution in [0.4, 0.5) is 5.69 Å². The zero-order valence-corrected chi connectivity index (χ0v) is 11.5. The summed E-state index contributed by atoms with van der Waals surface area (Å²) in [6.07, 6.45) is 1.45. The molecule has 0 spiro atoms. The molecule has 0 amide bonds. The third kappa shape index (κ3) is 2.14. The van der Waals surface area contributed by atoms with Gasteiger partial charge in [0.05, 0.1) is 0 Å². The molecule has 1 aromatic rings. The lowest BCUT2D eigenvalue weighted by atomic mass is 9.98. The van der Waals surface area contributed by atoms with Crippen LogP contribution in [0.15, 0.2) is 17.3 Å². The number of benzene rings is 1. The minimum Gasteiger partial charge on any atom is -0.487 e. The van der Waals surface area contributed by atoms with E-state index in [0.29, 0.717) is 12.1 Å². The Morgan fingerprint density at radius 3 is 2.79 bits per heavy atom. The number of fused-ring (bicyclic) bond motifs is 1. The first kappa shape index (κ1) is 12.6. The highest BCUT2D eigenvalue weighted by atomic mass is 35.5. The molecule has 0 N–H and O–H groups in total. The monoisotopic (exact) mass is 279 g/mol. The number of carbonyl (C=O) groups is 1. The van der Waals surface area contributed by atoms with Crippen molar-refractivity contribution in [3.8, 4) is 5.75 Å². The predicted octanol–water partition coefficient (Wildman–Crippen LogP) is 3.67. The zero-order chi connectivity index (χ0) is 13.8. The van der Waals surface area contributed by atoms with Crippen LogP contribution in [-0.2, 0) is 11.2 Å². The van der Waals surface area contributed by atoms with Gasteiger partial charge in [-0.1, -0.05) is 0 Å². The first-order chi connectivity index (χ1) is 8.91. The third-order valence-corrected chi connectivity index (χ3v) is 4.07. The average molecular weight is 280 g/mol. The largest absolute Gasteiger partial charge is 0.487 e. The fourth-order valence-corrected chi connectivity index (χ4v) is 3.06. The van der Waals surface area contributed by atoms with Crippen LogP contribution in [0, 0.1) is 10.8 Å². The molecule has 1 aliphatic heterocycles. The molecule has 0 bridgehead atoms. The van der Waals surface area contributed by atoms with Crippen LogP contribution >= 0.6 is 11.6 Å². The summed E-state index contributed by atoms with van der Waals surface area (Å²) in [6.45, 7) is 4.01. The van der Waals surface area contributed by atoms with Crippen molar-refractivity contribution >= 4 is 22.5 Å². The number of halogens is 1. The number of hydrogen-bond donors (Lipinski definition) is 0. The van der Waals surface area contributed by atoms with Gasteiger partial charge < -0.3 is 4.74 Å². The fraction of sp³-hybridized carbons (Fsp3) is 0.500. The van der Waals surface area contributed by atoms with Crippen LogP contribution in [0.3, 0.4) is 0 Å². The minimum absolute atomic E-state index is 0.00955. The molecule has 1 aliphatic carbocycles. The Balaban J connectivity index is 1.99.